The molecule has 0 unspecified atom stereocenters. The molecular formula is C17H19ClN2O3S. The lowest BCUT2D eigenvalue weighted by molar-refractivity contribution is 0.402. The Kier molecular flexibility index (Phi) is 5.10. The van der Waals surface area contributed by atoms with Crippen LogP contribution in [0.15, 0.2) is 53.4 Å². The number of rotatable bonds is 5. The Hall–Kier alpha value is -1.60. The molecule has 2 N–H and O–H groups in total. The van der Waals surface area contributed by atoms with Gasteiger partial charge in [-0.3, -0.25) is 0 Å². The van der Waals surface area contributed by atoms with E-state index in [9.17, 15) is 8.42 Å². The van der Waals surface area contributed by atoms with E-state index in [4.69, 9.17) is 16.3 Å². The smallest absolute Gasteiger partial charge is 0.244 e. The van der Waals surface area contributed by atoms with Crippen LogP contribution in [0.5, 0.6) is 5.75 Å². The molecule has 1 saturated heterocycles. The molecule has 0 spiro atoms. The van der Waals surface area contributed by atoms with Crippen LogP contribution < -0.4 is 14.8 Å². The Balaban J connectivity index is 1.88. The van der Waals surface area contributed by atoms with Crippen molar-refractivity contribution in [2.24, 2.45) is 0 Å². The zero-order chi connectivity index (χ0) is 17.2. The molecule has 7 heteroatoms. The van der Waals surface area contributed by atoms with Crippen molar-refractivity contribution < 1.29 is 13.2 Å². The molecule has 1 heterocycles. The lowest BCUT2D eigenvalue weighted by atomic mass is 9.95. The molecule has 2 aromatic rings. The summed E-state index contributed by atoms with van der Waals surface area (Å²) in [5.41, 5.74) is 1.10. The number of ether oxygens (including phenoxy) is 1. The minimum atomic E-state index is -3.75. The number of sulfonamides is 1. The summed E-state index contributed by atoms with van der Waals surface area (Å²) in [6, 6.07) is 14.2. The molecule has 2 atom stereocenters. The second-order valence-corrected chi connectivity index (χ2v) is 7.82. The van der Waals surface area contributed by atoms with Crippen LogP contribution >= 0.6 is 11.6 Å². The summed E-state index contributed by atoms with van der Waals surface area (Å²) >= 11 is 5.96. The average Bonchev–Trinajstić information content (AvgIpc) is 3.03. The van der Waals surface area contributed by atoms with Gasteiger partial charge < -0.3 is 10.1 Å². The number of nitrogens with one attached hydrogen (secondary N) is 2. The highest BCUT2D eigenvalue weighted by molar-refractivity contribution is 7.89. The van der Waals surface area contributed by atoms with Gasteiger partial charge in [0.1, 0.15) is 10.6 Å². The number of benzene rings is 2. The lowest BCUT2D eigenvalue weighted by Gasteiger charge is -2.21. The SMILES string of the molecule is COc1ccc(Cl)cc1S(=O)(=O)N[C@@H]1CNC[C@H]1c1ccccc1. The molecule has 24 heavy (non-hydrogen) atoms. The molecule has 128 valence electrons. The van der Waals surface area contributed by atoms with E-state index < -0.39 is 10.0 Å². The van der Waals surface area contributed by atoms with Crippen LogP contribution in [-0.4, -0.2) is 34.7 Å². The van der Waals surface area contributed by atoms with Crippen molar-refractivity contribution in [3.05, 3.63) is 59.1 Å². The average molecular weight is 367 g/mol. The van der Waals surface area contributed by atoms with E-state index >= 15 is 0 Å². The van der Waals surface area contributed by atoms with E-state index in [-0.39, 0.29) is 22.6 Å². The first kappa shape index (κ1) is 17.2. The van der Waals surface area contributed by atoms with Crippen LogP contribution in [0.4, 0.5) is 0 Å². The van der Waals surface area contributed by atoms with Gasteiger partial charge in [0.2, 0.25) is 10.0 Å². The monoisotopic (exact) mass is 366 g/mol. The highest BCUT2D eigenvalue weighted by Crippen LogP contribution is 2.29. The highest BCUT2D eigenvalue weighted by Gasteiger charge is 2.33. The number of hydrogen-bond acceptors (Lipinski definition) is 4. The lowest BCUT2D eigenvalue weighted by Crippen LogP contribution is -2.39. The van der Waals surface area contributed by atoms with Crippen molar-refractivity contribution >= 4 is 21.6 Å². The largest absolute Gasteiger partial charge is 0.495 e. The minimum absolute atomic E-state index is 0.0520. The molecule has 0 saturated carbocycles. The van der Waals surface area contributed by atoms with Crippen molar-refractivity contribution in [1.29, 1.82) is 0 Å². The molecular weight excluding hydrogens is 348 g/mol. The molecule has 1 aliphatic heterocycles. The molecule has 0 radical (unpaired) electrons. The zero-order valence-corrected chi connectivity index (χ0v) is 14.8. The van der Waals surface area contributed by atoms with Gasteiger partial charge in [0, 0.05) is 30.1 Å². The maximum atomic E-state index is 12.8. The predicted molar refractivity (Wildman–Crippen MR) is 94.2 cm³/mol. The fraction of sp³-hybridized carbons (Fsp3) is 0.294. The Labute approximate surface area is 147 Å². The summed E-state index contributed by atoms with van der Waals surface area (Å²) in [5.74, 6) is 0.347. The fourth-order valence-electron chi connectivity index (χ4n) is 2.98. The van der Waals surface area contributed by atoms with Crippen LogP contribution in [0.1, 0.15) is 11.5 Å². The molecule has 1 aliphatic rings. The van der Waals surface area contributed by atoms with E-state index in [1.165, 1.54) is 13.2 Å². The molecule has 0 amide bonds. The molecule has 3 rings (SSSR count). The minimum Gasteiger partial charge on any atom is -0.495 e. The quantitative estimate of drug-likeness (QED) is 0.852. The van der Waals surface area contributed by atoms with Crippen molar-refractivity contribution in [2.75, 3.05) is 20.2 Å². The van der Waals surface area contributed by atoms with E-state index in [1.807, 2.05) is 30.3 Å². The Morgan fingerprint density at radius 3 is 2.62 bits per heavy atom. The summed E-state index contributed by atoms with van der Waals surface area (Å²) in [6.45, 7) is 1.30. The van der Waals surface area contributed by atoms with Crippen molar-refractivity contribution in [2.45, 2.75) is 16.9 Å². The molecule has 2 aromatic carbocycles. The summed E-state index contributed by atoms with van der Waals surface area (Å²) in [7, 11) is -2.31. The van der Waals surface area contributed by atoms with Crippen LogP contribution in [0.3, 0.4) is 0 Å². The standard InChI is InChI=1S/C17H19ClN2O3S/c1-23-16-8-7-13(18)9-17(16)24(21,22)20-15-11-19-10-14(15)12-5-3-2-4-6-12/h2-9,14-15,19-20H,10-11H2,1H3/t14-,15+/m0/s1. The topological polar surface area (TPSA) is 67.4 Å². The summed E-state index contributed by atoms with van der Waals surface area (Å²) in [4.78, 5) is 0.0520. The Morgan fingerprint density at radius 1 is 1.17 bits per heavy atom. The molecule has 0 aromatic heterocycles. The van der Waals surface area contributed by atoms with Crippen molar-refractivity contribution in [3.63, 3.8) is 0 Å². The molecule has 1 fully saturated rings. The first-order valence-electron chi connectivity index (χ1n) is 7.63. The van der Waals surface area contributed by atoms with Gasteiger partial charge in [0.25, 0.3) is 0 Å². The summed E-state index contributed by atoms with van der Waals surface area (Å²) in [6.07, 6.45) is 0. The van der Waals surface area contributed by atoms with Crippen LogP contribution in [-0.2, 0) is 10.0 Å². The van der Waals surface area contributed by atoms with Gasteiger partial charge in [-0.15, -0.1) is 0 Å². The molecule has 0 aliphatic carbocycles. The van der Waals surface area contributed by atoms with Gasteiger partial charge in [-0.1, -0.05) is 41.9 Å². The van der Waals surface area contributed by atoms with Crippen molar-refractivity contribution in [1.82, 2.24) is 10.0 Å². The van der Waals surface area contributed by atoms with Gasteiger partial charge in [0.15, 0.2) is 0 Å². The second-order valence-electron chi connectivity index (χ2n) is 5.70. The van der Waals surface area contributed by atoms with Gasteiger partial charge in [-0.25, -0.2) is 13.1 Å². The predicted octanol–water partition coefficient (Wildman–Crippen LogP) is 2.38. The normalized spacial score (nSPS) is 20.9. The van der Waals surface area contributed by atoms with Crippen LogP contribution in [0.25, 0.3) is 0 Å². The van der Waals surface area contributed by atoms with Crippen LogP contribution in [0, 0.1) is 0 Å². The fourth-order valence-corrected chi connectivity index (χ4v) is 4.68. The van der Waals surface area contributed by atoms with Crippen molar-refractivity contribution in [3.8, 4) is 5.75 Å². The number of hydrogen-bond donors (Lipinski definition) is 2. The van der Waals surface area contributed by atoms with E-state index in [0.29, 0.717) is 11.6 Å². The molecule has 5 nitrogen and oxygen atoms in total. The number of methoxy groups -OCH3 is 1. The number of halogens is 1. The highest BCUT2D eigenvalue weighted by atomic mass is 35.5. The van der Waals surface area contributed by atoms with E-state index in [0.717, 1.165) is 12.1 Å². The first-order chi connectivity index (χ1) is 11.5. The third-order valence-electron chi connectivity index (χ3n) is 4.16. The van der Waals surface area contributed by atoms with Gasteiger partial charge >= 0.3 is 0 Å². The molecule has 0 bridgehead atoms. The van der Waals surface area contributed by atoms with Gasteiger partial charge in [-0.2, -0.15) is 0 Å². The Bertz CT molecular complexity index is 812. The summed E-state index contributed by atoms with van der Waals surface area (Å²) in [5, 5.41) is 3.60. The van der Waals surface area contributed by atoms with E-state index in [1.54, 1.807) is 12.1 Å². The first-order valence-corrected chi connectivity index (χ1v) is 9.49. The maximum Gasteiger partial charge on any atom is 0.244 e. The zero-order valence-electron chi connectivity index (χ0n) is 13.2. The van der Waals surface area contributed by atoms with Gasteiger partial charge in [-0.05, 0) is 23.8 Å². The third-order valence-corrected chi connectivity index (χ3v) is 5.91. The Morgan fingerprint density at radius 2 is 1.92 bits per heavy atom. The van der Waals surface area contributed by atoms with Gasteiger partial charge in [0.05, 0.1) is 7.11 Å². The maximum absolute atomic E-state index is 12.8. The van der Waals surface area contributed by atoms with Crippen LogP contribution in [0.2, 0.25) is 5.02 Å². The van der Waals surface area contributed by atoms with E-state index in [2.05, 4.69) is 10.0 Å². The summed E-state index contributed by atoms with van der Waals surface area (Å²) < 4.78 is 33.6. The second kappa shape index (κ2) is 7.11. The third kappa shape index (κ3) is 3.57.